The van der Waals surface area contributed by atoms with Gasteiger partial charge in [-0.05, 0) is 38.0 Å². The van der Waals surface area contributed by atoms with Crippen LogP contribution in [0.1, 0.15) is 30.1 Å². The number of piperidine rings is 1. The van der Waals surface area contributed by atoms with Crippen LogP contribution >= 0.6 is 15.9 Å². The Labute approximate surface area is 114 Å². The number of carbonyl (C=O) groups excluding carboxylic acids is 1. The Balaban J connectivity index is 2.12. The van der Waals surface area contributed by atoms with Gasteiger partial charge in [-0.3, -0.25) is 4.79 Å². The van der Waals surface area contributed by atoms with Gasteiger partial charge in [0, 0.05) is 23.1 Å². The van der Waals surface area contributed by atoms with Crippen molar-refractivity contribution in [1.29, 1.82) is 0 Å². The summed E-state index contributed by atoms with van der Waals surface area (Å²) in [5.74, 6) is -0.623. The lowest BCUT2D eigenvalue weighted by Gasteiger charge is -2.35. The van der Waals surface area contributed by atoms with Crippen molar-refractivity contribution in [2.24, 2.45) is 0 Å². The van der Waals surface area contributed by atoms with Crippen LogP contribution in [-0.2, 0) is 0 Å². The average Bonchev–Trinajstić information content (AvgIpc) is 2.27. The zero-order valence-electron chi connectivity index (χ0n) is 10.1. The van der Waals surface area contributed by atoms with E-state index in [1.807, 2.05) is 0 Å². The summed E-state index contributed by atoms with van der Waals surface area (Å²) in [6.07, 6.45) is 1.10. The zero-order valence-corrected chi connectivity index (χ0v) is 11.7. The van der Waals surface area contributed by atoms with Gasteiger partial charge in [-0.1, -0.05) is 15.9 Å². The monoisotopic (exact) mass is 315 g/mol. The second-order valence-corrected chi connectivity index (χ2v) is 5.86. The van der Waals surface area contributed by atoms with E-state index in [9.17, 15) is 14.3 Å². The number of aliphatic hydroxyl groups is 1. The Morgan fingerprint density at radius 3 is 2.56 bits per heavy atom. The van der Waals surface area contributed by atoms with Crippen LogP contribution in [0.25, 0.3) is 0 Å². The Morgan fingerprint density at radius 1 is 1.39 bits per heavy atom. The summed E-state index contributed by atoms with van der Waals surface area (Å²) in [5, 5.41) is 9.83. The number of hydrogen-bond acceptors (Lipinski definition) is 2. The quantitative estimate of drug-likeness (QED) is 0.865. The number of hydrogen-bond donors (Lipinski definition) is 1. The third-order valence-corrected chi connectivity index (χ3v) is 3.70. The minimum absolute atomic E-state index is 0.189. The fraction of sp³-hybridized carbons (Fsp3) is 0.462. The second kappa shape index (κ2) is 4.97. The third-order valence-electron chi connectivity index (χ3n) is 3.24. The maximum Gasteiger partial charge on any atom is 0.253 e. The average molecular weight is 316 g/mol. The smallest absolute Gasteiger partial charge is 0.253 e. The third kappa shape index (κ3) is 3.09. The van der Waals surface area contributed by atoms with Crippen LogP contribution in [0.4, 0.5) is 4.39 Å². The van der Waals surface area contributed by atoms with Crippen molar-refractivity contribution in [3.63, 3.8) is 0 Å². The Bertz CT molecular complexity index is 446. The molecule has 1 N–H and O–H groups in total. The van der Waals surface area contributed by atoms with E-state index in [2.05, 4.69) is 15.9 Å². The Morgan fingerprint density at radius 2 is 2.00 bits per heavy atom. The van der Waals surface area contributed by atoms with Crippen LogP contribution in [0.15, 0.2) is 22.7 Å². The van der Waals surface area contributed by atoms with Gasteiger partial charge < -0.3 is 10.0 Å². The summed E-state index contributed by atoms with van der Waals surface area (Å²) in [6.45, 7) is 2.77. The van der Waals surface area contributed by atoms with Gasteiger partial charge in [-0.2, -0.15) is 0 Å². The lowest BCUT2D eigenvalue weighted by molar-refractivity contribution is -0.00204. The van der Waals surface area contributed by atoms with E-state index in [1.54, 1.807) is 17.9 Å². The van der Waals surface area contributed by atoms with Gasteiger partial charge in [-0.15, -0.1) is 0 Å². The molecule has 1 fully saturated rings. The molecule has 0 saturated carbocycles. The van der Waals surface area contributed by atoms with Crippen LogP contribution < -0.4 is 0 Å². The van der Waals surface area contributed by atoms with Crippen molar-refractivity contribution < 1.29 is 14.3 Å². The predicted molar refractivity (Wildman–Crippen MR) is 69.9 cm³/mol. The summed E-state index contributed by atoms with van der Waals surface area (Å²) in [7, 11) is 0. The molecular formula is C13H15BrFNO2. The summed E-state index contributed by atoms with van der Waals surface area (Å²) in [4.78, 5) is 13.8. The van der Waals surface area contributed by atoms with Gasteiger partial charge in [0.2, 0.25) is 0 Å². The van der Waals surface area contributed by atoms with E-state index >= 15 is 0 Å². The van der Waals surface area contributed by atoms with Gasteiger partial charge in [-0.25, -0.2) is 4.39 Å². The Hall–Kier alpha value is -0.940. The molecule has 1 amide bonds. The molecule has 1 aliphatic heterocycles. The number of amides is 1. The molecule has 1 aromatic rings. The highest BCUT2D eigenvalue weighted by molar-refractivity contribution is 9.10. The maximum atomic E-state index is 13.2. The predicted octanol–water partition coefficient (Wildman–Crippen LogP) is 2.58. The van der Waals surface area contributed by atoms with Crippen molar-refractivity contribution in [3.05, 3.63) is 34.1 Å². The van der Waals surface area contributed by atoms with E-state index < -0.39 is 11.4 Å². The van der Waals surface area contributed by atoms with Crippen molar-refractivity contribution >= 4 is 21.8 Å². The van der Waals surface area contributed by atoms with Gasteiger partial charge in [0.25, 0.3) is 5.91 Å². The zero-order chi connectivity index (χ0) is 13.3. The normalized spacial score (nSPS) is 18.8. The Kier molecular flexibility index (Phi) is 3.73. The van der Waals surface area contributed by atoms with E-state index in [-0.39, 0.29) is 5.91 Å². The highest BCUT2D eigenvalue weighted by Gasteiger charge is 2.30. The first-order valence-corrected chi connectivity index (χ1v) is 6.64. The standard InChI is InChI=1S/C13H15BrFNO2/c1-13(18)2-4-16(5-3-13)12(17)9-6-10(14)8-11(15)7-9/h6-8,18H,2-5H2,1H3. The van der Waals surface area contributed by atoms with Crippen LogP contribution in [0.5, 0.6) is 0 Å². The minimum atomic E-state index is -0.695. The lowest BCUT2D eigenvalue weighted by atomic mass is 9.93. The molecule has 5 heteroatoms. The van der Waals surface area contributed by atoms with Crippen molar-refractivity contribution in [2.75, 3.05) is 13.1 Å². The van der Waals surface area contributed by atoms with Crippen LogP contribution in [-0.4, -0.2) is 34.6 Å². The summed E-state index contributed by atoms with van der Waals surface area (Å²) < 4.78 is 13.8. The summed E-state index contributed by atoms with van der Waals surface area (Å²) in [6, 6.07) is 4.16. The molecule has 2 rings (SSSR count). The molecule has 0 aliphatic carbocycles. The number of likely N-dealkylation sites (tertiary alicyclic amines) is 1. The van der Waals surface area contributed by atoms with Gasteiger partial charge >= 0.3 is 0 Å². The first-order chi connectivity index (χ1) is 8.37. The highest BCUT2D eigenvalue weighted by atomic mass is 79.9. The van der Waals surface area contributed by atoms with Crippen LogP contribution in [0, 0.1) is 5.82 Å². The van der Waals surface area contributed by atoms with E-state index in [0.717, 1.165) is 0 Å². The minimum Gasteiger partial charge on any atom is -0.390 e. The topological polar surface area (TPSA) is 40.5 Å². The molecule has 1 saturated heterocycles. The molecule has 0 aromatic heterocycles. The number of carbonyl (C=O) groups is 1. The van der Waals surface area contributed by atoms with E-state index in [4.69, 9.17) is 0 Å². The maximum absolute atomic E-state index is 13.2. The number of rotatable bonds is 1. The molecule has 3 nitrogen and oxygen atoms in total. The number of benzene rings is 1. The van der Waals surface area contributed by atoms with Crippen molar-refractivity contribution in [3.8, 4) is 0 Å². The molecule has 0 unspecified atom stereocenters. The van der Waals surface area contributed by atoms with Crippen molar-refractivity contribution in [2.45, 2.75) is 25.4 Å². The lowest BCUT2D eigenvalue weighted by Crippen LogP contribution is -2.45. The first kappa shape index (κ1) is 13.5. The second-order valence-electron chi connectivity index (χ2n) is 4.95. The summed E-state index contributed by atoms with van der Waals surface area (Å²) in [5.41, 5.74) is -0.359. The van der Waals surface area contributed by atoms with E-state index in [1.165, 1.54) is 12.1 Å². The SMILES string of the molecule is CC1(O)CCN(C(=O)c2cc(F)cc(Br)c2)CC1. The molecule has 0 spiro atoms. The molecule has 98 valence electrons. The van der Waals surface area contributed by atoms with Gasteiger partial charge in [0.15, 0.2) is 0 Å². The molecule has 1 heterocycles. The fourth-order valence-corrected chi connectivity index (χ4v) is 2.52. The first-order valence-electron chi connectivity index (χ1n) is 5.85. The highest BCUT2D eigenvalue weighted by Crippen LogP contribution is 2.23. The number of nitrogens with zero attached hydrogens (tertiary/aromatic N) is 1. The number of halogens is 2. The van der Waals surface area contributed by atoms with Gasteiger partial charge in [0.05, 0.1) is 5.60 Å². The van der Waals surface area contributed by atoms with Gasteiger partial charge in [0.1, 0.15) is 5.82 Å². The molecule has 1 aromatic carbocycles. The molecular weight excluding hydrogens is 301 g/mol. The molecule has 1 aliphatic rings. The van der Waals surface area contributed by atoms with Crippen LogP contribution in [0.3, 0.4) is 0 Å². The molecule has 18 heavy (non-hydrogen) atoms. The van der Waals surface area contributed by atoms with Crippen molar-refractivity contribution in [1.82, 2.24) is 4.90 Å². The molecule has 0 atom stereocenters. The van der Waals surface area contributed by atoms with E-state index in [0.29, 0.717) is 36.0 Å². The molecule has 0 bridgehead atoms. The largest absolute Gasteiger partial charge is 0.390 e. The fourth-order valence-electron chi connectivity index (χ4n) is 2.05. The van der Waals surface area contributed by atoms with Crippen LogP contribution in [0.2, 0.25) is 0 Å². The summed E-state index contributed by atoms with van der Waals surface area (Å²) >= 11 is 3.17. The molecule has 0 radical (unpaired) electrons.